The van der Waals surface area contributed by atoms with Crippen LogP contribution in [0.15, 0.2) is 45.3 Å². The molecule has 0 fully saturated rings. The molecule has 0 radical (unpaired) electrons. The van der Waals surface area contributed by atoms with Crippen LogP contribution in [0.25, 0.3) is 0 Å². The maximum atomic E-state index is 11.8. The molecule has 0 aliphatic rings. The predicted molar refractivity (Wildman–Crippen MR) is 86.0 cm³/mol. The highest BCUT2D eigenvalue weighted by molar-refractivity contribution is 9.10. The van der Waals surface area contributed by atoms with E-state index in [1.807, 2.05) is 43.3 Å². The van der Waals surface area contributed by atoms with Crippen molar-refractivity contribution >= 4 is 21.9 Å². The van der Waals surface area contributed by atoms with E-state index in [1.54, 1.807) is 12.1 Å². The molecule has 0 bridgehead atoms. The van der Waals surface area contributed by atoms with Gasteiger partial charge in [0.1, 0.15) is 24.7 Å². The third-order valence-corrected chi connectivity index (χ3v) is 3.50. The van der Waals surface area contributed by atoms with Crippen molar-refractivity contribution < 1.29 is 18.7 Å². The zero-order valence-electron chi connectivity index (χ0n) is 12.5. The van der Waals surface area contributed by atoms with Crippen LogP contribution >= 0.6 is 15.9 Å². The van der Waals surface area contributed by atoms with E-state index >= 15 is 0 Å². The second-order valence-corrected chi connectivity index (χ2v) is 5.78. The van der Waals surface area contributed by atoms with Crippen molar-refractivity contribution in [2.24, 2.45) is 0 Å². The molecule has 0 aliphatic carbocycles. The number of rotatable bonds is 7. The first kappa shape index (κ1) is 16.6. The first-order valence-electron chi connectivity index (χ1n) is 6.84. The van der Waals surface area contributed by atoms with Crippen molar-refractivity contribution in [3.63, 3.8) is 0 Å². The standard InChI is InChI=1S/C16H18BrNO4/c1-18(2)9-10-20-16(19)15-8-7-12(22-15)11-21-14-6-4-3-5-13(14)17/h3-8H,9-11H2,1-2H3. The Bertz CT molecular complexity index is 624. The topological polar surface area (TPSA) is 51.9 Å². The molecular weight excluding hydrogens is 350 g/mol. The highest BCUT2D eigenvalue weighted by Gasteiger charge is 2.13. The molecule has 2 aromatic rings. The molecule has 0 atom stereocenters. The number of para-hydroxylation sites is 1. The third kappa shape index (κ3) is 4.89. The lowest BCUT2D eigenvalue weighted by molar-refractivity contribution is 0.0442. The summed E-state index contributed by atoms with van der Waals surface area (Å²) >= 11 is 3.40. The number of halogens is 1. The van der Waals surface area contributed by atoms with Gasteiger partial charge in [0, 0.05) is 6.54 Å². The first-order chi connectivity index (χ1) is 10.6. The van der Waals surface area contributed by atoms with Crippen LogP contribution in [0.1, 0.15) is 16.3 Å². The molecule has 0 saturated heterocycles. The van der Waals surface area contributed by atoms with Crippen molar-refractivity contribution in [1.29, 1.82) is 0 Å². The van der Waals surface area contributed by atoms with E-state index in [2.05, 4.69) is 15.9 Å². The lowest BCUT2D eigenvalue weighted by Gasteiger charge is -2.08. The Kier molecular flexibility index (Phi) is 6.03. The van der Waals surface area contributed by atoms with Gasteiger partial charge in [0.25, 0.3) is 0 Å². The molecule has 6 heteroatoms. The summed E-state index contributed by atoms with van der Waals surface area (Å²) in [5.41, 5.74) is 0. The molecule has 0 aliphatic heterocycles. The van der Waals surface area contributed by atoms with Crippen LogP contribution in [-0.2, 0) is 11.3 Å². The van der Waals surface area contributed by atoms with E-state index in [-0.39, 0.29) is 12.4 Å². The minimum Gasteiger partial charge on any atom is -0.484 e. The minimum absolute atomic E-state index is 0.185. The van der Waals surface area contributed by atoms with Gasteiger partial charge >= 0.3 is 5.97 Å². The SMILES string of the molecule is CN(C)CCOC(=O)c1ccc(COc2ccccc2Br)o1. The fourth-order valence-corrected chi connectivity index (χ4v) is 2.07. The second kappa shape index (κ2) is 8.00. The smallest absolute Gasteiger partial charge is 0.374 e. The number of carbonyl (C=O) groups excluding carboxylic acids is 1. The lowest BCUT2D eigenvalue weighted by Crippen LogP contribution is -2.20. The highest BCUT2D eigenvalue weighted by Crippen LogP contribution is 2.25. The summed E-state index contributed by atoms with van der Waals surface area (Å²) in [5, 5.41) is 0. The maximum Gasteiger partial charge on any atom is 0.374 e. The molecule has 118 valence electrons. The van der Waals surface area contributed by atoms with Crippen LogP contribution in [0, 0.1) is 0 Å². The number of hydrogen-bond acceptors (Lipinski definition) is 5. The van der Waals surface area contributed by atoms with Gasteiger partial charge in [-0.15, -0.1) is 0 Å². The third-order valence-electron chi connectivity index (χ3n) is 2.84. The van der Waals surface area contributed by atoms with Gasteiger partial charge in [-0.2, -0.15) is 0 Å². The molecule has 1 aromatic heterocycles. The van der Waals surface area contributed by atoms with Gasteiger partial charge in [-0.25, -0.2) is 4.79 Å². The molecule has 0 saturated carbocycles. The Balaban J connectivity index is 1.86. The zero-order valence-corrected chi connectivity index (χ0v) is 14.1. The number of nitrogens with zero attached hydrogens (tertiary/aromatic N) is 1. The number of esters is 1. The maximum absolute atomic E-state index is 11.8. The average molecular weight is 368 g/mol. The highest BCUT2D eigenvalue weighted by atomic mass is 79.9. The second-order valence-electron chi connectivity index (χ2n) is 4.92. The number of hydrogen-bond donors (Lipinski definition) is 0. The Hall–Kier alpha value is -1.79. The van der Waals surface area contributed by atoms with Gasteiger partial charge in [-0.3, -0.25) is 0 Å². The Morgan fingerprint density at radius 1 is 1.23 bits per heavy atom. The molecule has 0 amide bonds. The number of benzene rings is 1. The minimum atomic E-state index is -0.464. The molecule has 1 heterocycles. The summed E-state index contributed by atoms with van der Waals surface area (Å²) in [6, 6.07) is 10.8. The van der Waals surface area contributed by atoms with Gasteiger partial charge in [0.15, 0.2) is 0 Å². The normalized spacial score (nSPS) is 10.7. The summed E-state index contributed by atoms with van der Waals surface area (Å²) in [6.45, 7) is 1.24. The molecular formula is C16H18BrNO4. The predicted octanol–water partition coefficient (Wildman–Crippen LogP) is 3.34. The van der Waals surface area contributed by atoms with Gasteiger partial charge in [-0.05, 0) is 54.3 Å². The Morgan fingerprint density at radius 3 is 2.73 bits per heavy atom. The Labute approximate surface area is 137 Å². The quantitative estimate of drug-likeness (QED) is 0.702. The van der Waals surface area contributed by atoms with Gasteiger partial charge in [0.05, 0.1) is 4.47 Å². The summed E-state index contributed by atoms with van der Waals surface area (Å²) in [6.07, 6.45) is 0. The van der Waals surface area contributed by atoms with E-state index < -0.39 is 5.97 Å². The first-order valence-corrected chi connectivity index (χ1v) is 7.63. The van der Waals surface area contributed by atoms with Crippen LogP contribution < -0.4 is 4.74 Å². The largest absolute Gasteiger partial charge is 0.484 e. The van der Waals surface area contributed by atoms with Crippen LogP contribution in [0.5, 0.6) is 5.75 Å². The molecule has 1 aromatic carbocycles. The molecule has 0 spiro atoms. The number of carbonyl (C=O) groups is 1. The average Bonchev–Trinajstić information content (AvgIpc) is 2.95. The van der Waals surface area contributed by atoms with Gasteiger partial charge in [0.2, 0.25) is 5.76 Å². The van der Waals surface area contributed by atoms with Crippen LogP contribution in [0.2, 0.25) is 0 Å². The van der Waals surface area contributed by atoms with Crippen LogP contribution in [0.4, 0.5) is 0 Å². The number of furan rings is 1. The van der Waals surface area contributed by atoms with Crippen LogP contribution in [0.3, 0.4) is 0 Å². The van der Waals surface area contributed by atoms with E-state index in [9.17, 15) is 4.79 Å². The molecule has 2 rings (SSSR count). The lowest BCUT2D eigenvalue weighted by atomic mass is 10.3. The van der Waals surface area contributed by atoms with Crippen molar-refractivity contribution in [3.05, 3.63) is 52.4 Å². The molecule has 5 nitrogen and oxygen atoms in total. The number of ether oxygens (including phenoxy) is 2. The Morgan fingerprint density at radius 2 is 2.00 bits per heavy atom. The zero-order chi connectivity index (χ0) is 15.9. The van der Waals surface area contributed by atoms with Crippen molar-refractivity contribution in [2.75, 3.05) is 27.2 Å². The number of likely N-dealkylation sites (N-methyl/N-ethyl adjacent to an activating group) is 1. The summed E-state index contributed by atoms with van der Waals surface area (Å²) < 4.78 is 17.0. The van der Waals surface area contributed by atoms with E-state index in [4.69, 9.17) is 13.9 Å². The summed E-state index contributed by atoms with van der Waals surface area (Å²) in [5.74, 6) is 1.00. The molecule has 22 heavy (non-hydrogen) atoms. The van der Waals surface area contributed by atoms with E-state index in [0.717, 1.165) is 4.47 Å². The monoisotopic (exact) mass is 367 g/mol. The molecule has 0 N–H and O–H groups in total. The summed E-state index contributed by atoms with van der Waals surface area (Å²) in [4.78, 5) is 13.7. The van der Waals surface area contributed by atoms with Crippen molar-refractivity contribution in [1.82, 2.24) is 4.90 Å². The van der Waals surface area contributed by atoms with E-state index in [1.165, 1.54) is 0 Å². The fraction of sp³-hybridized carbons (Fsp3) is 0.312. The van der Waals surface area contributed by atoms with E-state index in [0.29, 0.717) is 24.7 Å². The van der Waals surface area contributed by atoms with Gasteiger partial charge in [-0.1, -0.05) is 12.1 Å². The summed E-state index contributed by atoms with van der Waals surface area (Å²) in [7, 11) is 3.83. The van der Waals surface area contributed by atoms with Gasteiger partial charge < -0.3 is 18.8 Å². The van der Waals surface area contributed by atoms with Crippen molar-refractivity contribution in [3.8, 4) is 5.75 Å². The van der Waals surface area contributed by atoms with Crippen molar-refractivity contribution in [2.45, 2.75) is 6.61 Å². The fourth-order valence-electron chi connectivity index (χ4n) is 1.67. The van der Waals surface area contributed by atoms with Crippen LogP contribution in [-0.4, -0.2) is 38.1 Å². The molecule has 0 unspecified atom stereocenters.